The molecule has 1 unspecified atom stereocenters. The molecule has 0 fully saturated rings. The SMILES string of the molecule is CSCc1nnc(SC(C)C(=O)Nc2cc(F)ccc2F)o1. The van der Waals surface area contributed by atoms with Crippen LogP contribution < -0.4 is 5.32 Å². The Morgan fingerprint density at radius 3 is 2.91 bits per heavy atom. The number of hydrogen-bond donors (Lipinski definition) is 1. The first-order valence-corrected chi connectivity index (χ1v) is 8.51. The Morgan fingerprint density at radius 1 is 1.41 bits per heavy atom. The maximum Gasteiger partial charge on any atom is 0.277 e. The summed E-state index contributed by atoms with van der Waals surface area (Å²) in [6, 6.07) is 2.86. The van der Waals surface area contributed by atoms with E-state index in [1.807, 2.05) is 6.26 Å². The molecule has 9 heteroatoms. The first-order chi connectivity index (χ1) is 10.5. The Bertz CT molecular complexity index is 666. The molecule has 1 amide bonds. The van der Waals surface area contributed by atoms with E-state index in [4.69, 9.17) is 4.42 Å². The molecule has 2 aromatic rings. The number of aromatic nitrogens is 2. The number of thioether (sulfide) groups is 2. The molecule has 1 heterocycles. The normalized spacial score (nSPS) is 12.2. The van der Waals surface area contributed by atoms with Gasteiger partial charge in [0, 0.05) is 6.07 Å². The average Bonchev–Trinajstić information content (AvgIpc) is 2.90. The van der Waals surface area contributed by atoms with Crippen molar-refractivity contribution in [2.45, 2.75) is 23.1 Å². The van der Waals surface area contributed by atoms with Crippen molar-refractivity contribution >= 4 is 35.1 Å². The van der Waals surface area contributed by atoms with E-state index in [2.05, 4.69) is 15.5 Å². The molecule has 0 aliphatic carbocycles. The summed E-state index contributed by atoms with van der Waals surface area (Å²) in [7, 11) is 0. The number of anilines is 1. The fraction of sp³-hybridized carbons (Fsp3) is 0.308. The van der Waals surface area contributed by atoms with Gasteiger partial charge in [-0.1, -0.05) is 11.8 Å². The van der Waals surface area contributed by atoms with E-state index in [9.17, 15) is 13.6 Å². The summed E-state index contributed by atoms with van der Waals surface area (Å²) in [5.74, 6) is -0.761. The molecule has 1 aromatic carbocycles. The number of hydrogen-bond acceptors (Lipinski definition) is 6. The topological polar surface area (TPSA) is 68.0 Å². The van der Waals surface area contributed by atoms with Gasteiger partial charge in [0.2, 0.25) is 11.8 Å². The van der Waals surface area contributed by atoms with E-state index in [0.717, 1.165) is 30.0 Å². The van der Waals surface area contributed by atoms with Gasteiger partial charge in [-0.2, -0.15) is 11.8 Å². The highest BCUT2D eigenvalue weighted by atomic mass is 32.2. The first kappa shape index (κ1) is 16.8. The molecule has 0 spiro atoms. The van der Waals surface area contributed by atoms with E-state index in [0.29, 0.717) is 11.6 Å². The Balaban J connectivity index is 1.98. The third kappa shape index (κ3) is 4.44. The third-order valence-electron chi connectivity index (χ3n) is 2.55. The van der Waals surface area contributed by atoms with Crippen LogP contribution >= 0.6 is 23.5 Å². The molecule has 0 saturated heterocycles. The van der Waals surface area contributed by atoms with Crippen LogP contribution in [0.4, 0.5) is 14.5 Å². The molecule has 1 atom stereocenters. The minimum atomic E-state index is -0.702. The van der Waals surface area contributed by atoms with Crippen LogP contribution in [0.2, 0.25) is 0 Å². The zero-order valence-electron chi connectivity index (χ0n) is 11.8. The summed E-state index contributed by atoms with van der Waals surface area (Å²) in [6.45, 7) is 1.61. The maximum absolute atomic E-state index is 13.5. The number of benzene rings is 1. The predicted molar refractivity (Wildman–Crippen MR) is 81.8 cm³/mol. The van der Waals surface area contributed by atoms with E-state index >= 15 is 0 Å². The first-order valence-electron chi connectivity index (χ1n) is 6.23. The summed E-state index contributed by atoms with van der Waals surface area (Å²) in [5, 5.41) is 9.63. The van der Waals surface area contributed by atoms with Crippen LogP contribution in [0.5, 0.6) is 0 Å². The van der Waals surface area contributed by atoms with Crippen molar-refractivity contribution in [3.63, 3.8) is 0 Å². The molecule has 2 rings (SSSR count). The third-order valence-corrected chi connectivity index (χ3v) is 4.02. The molecular formula is C13H13F2N3O2S2. The second-order valence-electron chi connectivity index (χ2n) is 4.27. The van der Waals surface area contributed by atoms with E-state index in [-0.39, 0.29) is 10.9 Å². The van der Waals surface area contributed by atoms with Crippen molar-refractivity contribution in [1.82, 2.24) is 10.2 Å². The van der Waals surface area contributed by atoms with Gasteiger partial charge in [0.1, 0.15) is 11.6 Å². The highest BCUT2D eigenvalue weighted by Crippen LogP contribution is 2.24. The monoisotopic (exact) mass is 345 g/mol. The van der Waals surface area contributed by atoms with Gasteiger partial charge in [-0.15, -0.1) is 10.2 Å². The second-order valence-corrected chi connectivity index (χ2v) is 6.43. The van der Waals surface area contributed by atoms with Crippen molar-refractivity contribution in [1.29, 1.82) is 0 Å². The van der Waals surface area contributed by atoms with Crippen LogP contribution in [0.1, 0.15) is 12.8 Å². The number of carbonyl (C=O) groups is 1. The molecule has 0 radical (unpaired) electrons. The number of halogens is 2. The van der Waals surface area contributed by atoms with Crippen LogP contribution in [0.15, 0.2) is 27.8 Å². The molecule has 0 saturated carbocycles. The van der Waals surface area contributed by atoms with Crippen LogP contribution in [0, 0.1) is 11.6 Å². The van der Waals surface area contributed by atoms with Gasteiger partial charge in [0.25, 0.3) is 5.22 Å². The largest absolute Gasteiger partial charge is 0.415 e. The summed E-state index contributed by atoms with van der Waals surface area (Å²) < 4.78 is 31.9. The van der Waals surface area contributed by atoms with Gasteiger partial charge < -0.3 is 9.73 Å². The number of carbonyl (C=O) groups excluding carboxylic acids is 1. The highest BCUT2D eigenvalue weighted by Gasteiger charge is 2.19. The number of nitrogens with one attached hydrogen (secondary N) is 1. The predicted octanol–water partition coefficient (Wildman–Crippen LogP) is 3.33. The molecule has 0 bridgehead atoms. The minimum absolute atomic E-state index is 0.203. The zero-order chi connectivity index (χ0) is 16.1. The Morgan fingerprint density at radius 2 is 2.18 bits per heavy atom. The lowest BCUT2D eigenvalue weighted by Crippen LogP contribution is -2.23. The molecule has 1 aromatic heterocycles. The Hall–Kier alpha value is -1.61. The minimum Gasteiger partial charge on any atom is -0.415 e. The van der Waals surface area contributed by atoms with Gasteiger partial charge in [-0.3, -0.25) is 4.79 Å². The van der Waals surface area contributed by atoms with Crippen LogP contribution in [0.3, 0.4) is 0 Å². The van der Waals surface area contributed by atoms with Crippen LogP contribution in [-0.4, -0.2) is 27.6 Å². The fourth-order valence-corrected chi connectivity index (χ4v) is 2.56. The number of rotatable bonds is 6. The van der Waals surface area contributed by atoms with Crippen molar-refractivity contribution in [2.24, 2.45) is 0 Å². The fourth-order valence-electron chi connectivity index (χ4n) is 1.50. The van der Waals surface area contributed by atoms with Gasteiger partial charge in [-0.05, 0) is 25.3 Å². The average molecular weight is 345 g/mol. The zero-order valence-corrected chi connectivity index (χ0v) is 13.4. The Labute approximate surface area is 134 Å². The Kier molecular flexibility index (Phi) is 5.78. The van der Waals surface area contributed by atoms with Gasteiger partial charge in [-0.25, -0.2) is 8.78 Å². The number of nitrogens with zero attached hydrogens (tertiary/aromatic N) is 2. The smallest absolute Gasteiger partial charge is 0.277 e. The lowest BCUT2D eigenvalue weighted by molar-refractivity contribution is -0.115. The molecule has 0 aliphatic rings. The van der Waals surface area contributed by atoms with Gasteiger partial charge in [0.15, 0.2) is 0 Å². The summed E-state index contributed by atoms with van der Waals surface area (Å²) in [5.41, 5.74) is -0.203. The van der Waals surface area contributed by atoms with E-state index in [1.165, 1.54) is 11.8 Å². The summed E-state index contributed by atoms with van der Waals surface area (Å²) in [6.07, 6.45) is 1.90. The quantitative estimate of drug-likeness (QED) is 0.810. The van der Waals surface area contributed by atoms with Crippen molar-refractivity contribution in [3.8, 4) is 0 Å². The van der Waals surface area contributed by atoms with Crippen molar-refractivity contribution < 1.29 is 18.0 Å². The van der Waals surface area contributed by atoms with Crippen molar-refractivity contribution in [3.05, 3.63) is 35.7 Å². The maximum atomic E-state index is 13.5. The standard InChI is InChI=1S/C13H13F2N3O2S2/c1-7(22-13-18-17-11(20-13)6-21-2)12(19)16-10-5-8(14)3-4-9(10)15/h3-5,7H,6H2,1-2H3,(H,16,19). The van der Waals surface area contributed by atoms with Crippen LogP contribution in [0.25, 0.3) is 0 Å². The summed E-state index contributed by atoms with van der Waals surface area (Å²) >= 11 is 2.59. The second kappa shape index (κ2) is 7.59. The molecule has 5 nitrogen and oxygen atoms in total. The van der Waals surface area contributed by atoms with E-state index in [1.54, 1.807) is 6.92 Å². The van der Waals surface area contributed by atoms with Gasteiger partial charge >= 0.3 is 0 Å². The molecular weight excluding hydrogens is 332 g/mol. The molecule has 0 aliphatic heterocycles. The molecule has 118 valence electrons. The highest BCUT2D eigenvalue weighted by molar-refractivity contribution is 8.00. The summed E-state index contributed by atoms with van der Waals surface area (Å²) in [4.78, 5) is 12.0. The van der Waals surface area contributed by atoms with Gasteiger partial charge in [0.05, 0.1) is 16.7 Å². The molecule has 1 N–H and O–H groups in total. The van der Waals surface area contributed by atoms with Crippen molar-refractivity contribution in [2.75, 3.05) is 11.6 Å². The van der Waals surface area contributed by atoms with Crippen LogP contribution in [-0.2, 0) is 10.5 Å². The lowest BCUT2D eigenvalue weighted by Gasteiger charge is -2.10. The number of amides is 1. The van der Waals surface area contributed by atoms with E-state index < -0.39 is 22.8 Å². The lowest BCUT2D eigenvalue weighted by atomic mass is 10.3. The molecule has 22 heavy (non-hydrogen) atoms.